The largest absolute Gasteiger partial charge is 0.397 e. The fraction of sp³-hybridized carbons (Fsp3) is 0.381. The second kappa shape index (κ2) is 18.8. The number of carbonyl (C=O) groups excluding carboxylic acids is 2. The molecule has 10 heteroatoms. The number of hydrogen-bond donors (Lipinski definition) is 4. The van der Waals surface area contributed by atoms with Gasteiger partial charge in [-0.25, -0.2) is 0 Å². The van der Waals surface area contributed by atoms with Crippen LogP contribution in [0.15, 0.2) is 97.1 Å². The van der Waals surface area contributed by atoms with Gasteiger partial charge in [-0.05, 0) is 64.9 Å². The fourth-order valence-electron chi connectivity index (χ4n) is 6.69. The lowest BCUT2D eigenvalue weighted by molar-refractivity contribution is -0.253. The van der Waals surface area contributed by atoms with Gasteiger partial charge in [-0.1, -0.05) is 79.2 Å². The summed E-state index contributed by atoms with van der Waals surface area (Å²) in [7, 11) is 0. The Kier molecular flexibility index (Phi) is 13.4. The van der Waals surface area contributed by atoms with E-state index in [0.717, 1.165) is 79.1 Å². The predicted octanol–water partition coefficient (Wildman–Crippen LogP) is 6.51. The van der Waals surface area contributed by atoms with Crippen LogP contribution in [0.1, 0.15) is 73.2 Å². The number of nitrogen functional groups attached to an aromatic ring is 1. The molecule has 3 atom stereocenters. The summed E-state index contributed by atoms with van der Waals surface area (Å²) in [5.41, 5.74) is 13.0. The second-order valence-corrected chi connectivity index (χ2v) is 13.6. The predicted molar refractivity (Wildman–Crippen MR) is 202 cm³/mol. The van der Waals surface area contributed by atoms with Gasteiger partial charge in [-0.2, -0.15) is 0 Å². The number of morpholine rings is 1. The molecule has 2 amide bonds. The number of hydrogen-bond acceptors (Lipinski definition) is 8. The van der Waals surface area contributed by atoms with Gasteiger partial charge >= 0.3 is 0 Å². The highest BCUT2D eigenvalue weighted by atomic mass is 16.7. The van der Waals surface area contributed by atoms with Gasteiger partial charge in [-0.3, -0.25) is 14.5 Å². The van der Waals surface area contributed by atoms with Crippen LogP contribution in [0.4, 0.5) is 11.4 Å². The monoisotopic (exact) mass is 706 g/mol. The lowest BCUT2D eigenvalue weighted by Crippen LogP contribution is -2.44. The molecular formula is C42H50N4O6. The topological polar surface area (TPSA) is 135 Å². The van der Waals surface area contributed by atoms with Crippen molar-refractivity contribution in [2.45, 2.75) is 70.2 Å². The van der Waals surface area contributed by atoms with E-state index in [-0.39, 0.29) is 30.6 Å². The summed E-state index contributed by atoms with van der Waals surface area (Å²) in [6.07, 6.45) is 3.04. The molecule has 52 heavy (non-hydrogen) atoms. The van der Waals surface area contributed by atoms with Crippen LogP contribution in [0, 0.1) is 0 Å². The van der Waals surface area contributed by atoms with E-state index in [1.54, 1.807) is 12.1 Å². The number of anilines is 2. The van der Waals surface area contributed by atoms with Gasteiger partial charge in [0, 0.05) is 51.0 Å². The first kappa shape index (κ1) is 37.2. The van der Waals surface area contributed by atoms with Crippen molar-refractivity contribution >= 4 is 23.2 Å². The molecule has 4 aromatic carbocycles. The number of rotatable bonds is 15. The number of nitrogens with one attached hydrogen (secondary N) is 2. The normalized spacial score (nSPS) is 19.2. The van der Waals surface area contributed by atoms with Crippen molar-refractivity contribution in [2.24, 2.45) is 0 Å². The Labute approximate surface area is 306 Å². The molecule has 2 aliphatic rings. The Morgan fingerprint density at radius 1 is 0.769 bits per heavy atom. The van der Waals surface area contributed by atoms with Crippen molar-refractivity contribution < 1.29 is 28.9 Å². The molecule has 0 radical (unpaired) electrons. The number of para-hydroxylation sites is 2. The van der Waals surface area contributed by atoms with Gasteiger partial charge in [0.15, 0.2) is 6.29 Å². The quantitative estimate of drug-likeness (QED) is 0.0812. The number of nitrogens with zero attached hydrogens (tertiary/aromatic N) is 1. The number of benzene rings is 4. The summed E-state index contributed by atoms with van der Waals surface area (Å²) < 4.78 is 18.8. The first-order valence-corrected chi connectivity index (χ1v) is 18.3. The molecule has 6 rings (SSSR count). The summed E-state index contributed by atoms with van der Waals surface area (Å²) in [6.45, 7) is 4.49. The van der Waals surface area contributed by atoms with E-state index in [4.69, 9.17) is 19.9 Å². The molecule has 5 N–H and O–H groups in total. The van der Waals surface area contributed by atoms with Crippen molar-refractivity contribution in [1.82, 2.24) is 10.2 Å². The third-order valence-corrected chi connectivity index (χ3v) is 9.63. The average molecular weight is 707 g/mol. The van der Waals surface area contributed by atoms with E-state index >= 15 is 0 Å². The number of unbranched alkanes of at least 4 members (excludes halogenated alkanes) is 2. The highest BCUT2D eigenvalue weighted by molar-refractivity contribution is 5.93. The van der Waals surface area contributed by atoms with Crippen LogP contribution in [0.25, 0.3) is 11.1 Å². The third kappa shape index (κ3) is 10.7. The zero-order valence-electron chi connectivity index (χ0n) is 29.7. The Bertz CT molecular complexity index is 1760. The fourth-order valence-corrected chi connectivity index (χ4v) is 6.69. The maximum absolute atomic E-state index is 12.6. The van der Waals surface area contributed by atoms with Crippen molar-refractivity contribution in [3.05, 3.63) is 119 Å². The third-order valence-electron chi connectivity index (χ3n) is 9.63. The SMILES string of the molecule is Nc1ccccc1NC(=O)CCCCCC(=O)NCc1cccc(-c2cccc(C3OC(CN4CCOCC4)CC(c4ccc(CO)cc4)O3)c2)c1. The van der Waals surface area contributed by atoms with Crippen molar-refractivity contribution in [3.8, 4) is 11.1 Å². The van der Waals surface area contributed by atoms with E-state index in [9.17, 15) is 14.7 Å². The number of amides is 2. The number of ether oxygens (including phenoxy) is 3. The van der Waals surface area contributed by atoms with E-state index < -0.39 is 6.29 Å². The zero-order chi connectivity index (χ0) is 36.1. The van der Waals surface area contributed by atoms with Gasteiger partial charge in [0.05, 0.1) is 43.4 Å². The van der Waals surface area contributed by atoms with Crippen LogP contribution < -0.4 is 16.4 Å². The molecule has 2 fully saturated rings. The summed E-state index contributed by atoms with van der Waals surface area (Å²) in [6, 6.07) is 31.7. The Hall–Kier alpha value is -4.58. The van der Waals surface area contributed by atoms with Gasteiger partial charge in [0.25, 0.3) is 0 Å². The Morgan fingerprint density at radius 3 is 2.27 bits per heavy atom. The number of aliphatic hydroxyl groups excluding tert-OH is 1. The Morgan fingerprint density at radius 2 is 1.50 bits per heavy atom. The van der Waals surface area contributed by atoms with Gasteiger partial charge < -0.3 is 35.7 Å². The second-order valence-electron chi connectivity index (χ2n) is 13.6. The molecule has 4 aromatic rings. The minimum Gasteiger partial charge on any atom is -0.397 e. The van der Waals surface area contributed by atoms with Gasteiger partial charge in [0.2, 0.25) is 11.8 Å². The van der Waals surface area contributed by atoms with E-state index in [1.807, 2.05) is 60.7 Å². The summed E-state index contributed by atoms with van der Waals surface area (Å²) >= 11 is 0. The molecule has 10 nitrogen and oxygen atoms in total. The Balaban J connectivity index is 1.02. The van der Waals surface area contributed by atoms with Crippen LogP contribution in [0.3, 0.4) is 0 Å². The summed E-state index contributed by atoms with van der Waals surface area (Å²) in [5, 5.41) is 15.4. The molecule has 2 aliphatic heterocycles. The smallest absolute Gasteiger partial charge is 0.224 e. The number of nitrogens with two attached hydrogens (primary N) is 1. The molecular weight excluding hydrogens is 656 g/mol. The molecule has 0 saturated carbocycles. The maximum Gasteiger partial charge on any atom is 0.224 e. The highest BCUT2D eigenvalue weighted by Crippen LogP contribution is 2.39. The van der Waals surface area contributed by atoms with Gasteiger partial charge in [0.1, 0.15) is 0 Å². The summed E-state index contributed by atoms with van der Waals surface area (Å²) in [5.74, 6) is -0.0819. The van der Waals surface area contributed by atoms with Crippen LogP contribution >= 0.6 is 0 Å². The highest BCUT2D eigenvalue weighted by Gasteiger charge is 2.33. The molecule has 274 valence electrons. The molecule has 2 heterocycles. The first-order valence-electron chi connectivity index (χ1n) is 18.3. The van der Waals surface area contributed by atoms with Crippen LogP contribution in [-0.4, -0.2) is 60.8 Å². The molecule has 0 aromatic heterocycles. The molecule has 0 bridgehead atoms. The summed E-state index contributed by atoms with van der Waals surface area (Å²) in [4.78, 5) is 27.3. The minimum absolute atomic E-state index is 0.00676. The molecule has 0 aliphatic carbocycles. The minimum atomic E-state index is -0.540. The lowest BCUT2D eigenvalue weighted by Gasteiger charge is -2.39. The standard InChI is InChI=1S/C42H50N4O6/c43-37-12-4-5-13-38(37)45-41(49)15-3-1-2-14-40(48)44-27-31-8-6-9-33(24-31)34-10-7-11-35(25-34)42-51-36(28-46-20-22-50-23-21-46)26-39(52-42)32-18-16-30(29-47)17-19-32/h4-13,16-19,24-25,36,39,42,47H,1-3,14-15,20-23,26-29,43H2,(H,44,48)(H,45,49). The molecule has 0 spiro atoms. The first-order chi connectivity index (χ1) is 25.4. The van der Waals surface area contributed by atoms with Crippen LogP contribution in [-0.2, 0) is 37.0 Å². The molecule has 2 saturated heterocycles. The van der Waals surface area contributed by atoms with E-state index in [0.29, 0.717) is 43.6 Å². The van der Waals surface area contributed by atoms with E-state index in [1.165, 1.54) is 0 Å². The van der Waals surface area contributed by atoms with Gasteiger partial charge in [-0.15, -0.1) is 0 Å². The van der Waals surface area contributed by atoms with Crippen molar-refractivity contribution in [3.63, 3.8) is 0 Å². The number of carbonyl (C=O) groups is 2. The van der Waals surface area contributed by atoms with E-state index in [2.05, 4.69) is 39.8 Å². The van der Waals surface area contributed by atoms with Crippen molar-refractivity contribution in [2.75, 3.05) is 43.9 Å². The average Bonchev–Trinajstić information content (AvgIpc) is 3.18. The van der Waals surface area contributed by atoms with Crippen LogP contribution in [0.2, 0.25) is 0 Å². The van der Waals surface area contributed by atoms with Crippen LogP contribution in [0.5, 0.6) is 0 Å². The number of aliphatic hydroxyl groups is 1. The molecule has 3 unspecified atom stereocenters. The lowest BCUT2D eigenvalue weighted by atomic mass is 9.98. The zero-order valence-corrected chi connectivity index (χ0v) is 29.7. The maximum atomic E-state index is 12.6. The van der Waals surface area contributed by atoms with Crippen molar-refractivity contribution in [1.29, 1.82) is 0 Å².